The first-order chi connectivity index (χ1) is 18.5. The number of sulfonamides is 1. The first kappa shape index (κ1) is 26.1. The van der Waals surface area contributed by atoms with Crippen LogP contribution in [-0.2, 0) is 10.0 Å². The van der Waals surface area contributed by atoms with Gasteiger partial charge >= 0.3 is 0 Å². The smallest absolute Gasteiger partial charge is 0.279 e. The number of benzene rings is 3. The summed E-state index contributed by atoms with van der Waals surface area (Å²) in [6.45, 7) is 5.45. The molecule has 2 aromatic heterocycles. The number of nitrogens with one attached hydrogen (secondary N) is 2. The number of anilines is 2. The Kier molecular flexibility index (Phi) is 6.66. The summed E-state index contributed by atoms with van der Waals surface area (Å²) in [6.07, 6.45) is 1.44. The van der Waals surface area contributed by atoms with Crippen molar-refractivity contribution in [3.05, 3.63) is 98.3 Å². The number of nitro groups is 1. The molecule has 11 nitrogen and oxygen atoms in total. The van der Waals surface area contributed by atoms with E-state index in [0.717, 1.165) is 28.1 Å². The van der Waals surface area contributed by atoms with Gasteiger partial charge < -0.3 is 0 Å². The average Bonchev–Trinajstić information content (AvgIpc) is 3.21. The zero-order chi connectivity index (χ0) is 27.9. The number of rotatable bonds is 7. The Morgan fingerprint density at radius 3 is 2.54 bits per heavy atom. The third-order valence-electron chi connectivity index (χ3n) is 6.12. The first-order valence-electron chi connectivity index (χ1n) is 11.7. The van der Waals surface area contributed by atoms with Gasteiger partial charge in [-0.15, -0.1) is 0 Å². The van der Waals surface area contributed by atoms with Gasteiger partial charge in [0.1, 0.15) is 10.8 Å². The zero-order valence-corrected chi connectivity index (χ0v) is 22.6. The molecule has 3 aromatic carbocycles. The number of nitrogens with zero attached hydrogens (tertiary/aromatic N) is 5. The molecule has 0 aliphatic rings. The van der Waals surface area contributed by atoms with Crippen LogP contribution >= 0.6 is 11.6 Å². The van der Waals surface area contributed by atoms with Gasteiger partial charge in [0, 0.05) is 11.5 Å². The number of aromatic nitrogens is 3. The van der Waals surface area contributed by atoms with Gasteiger partial charge in [-0.3, -0.25) is 20.3 Å². The fourth-order valence-corrected chi connectivity index (χ4v) is 5.55. The van der Waals surface area contributed by atoms with E-state index in [2.05, 4.69) is 25.3 Å². The van der Waals surface area contributed by atoms with E-state index in [1.54, 1.807) is 30.5 Å². The Morgan fingerprint density at radius 2 is 1.79 bits per heavy atom. The minimum Gasteiger partial charge on any atom is -0.279 e. The second-order valence-electron chi connectivity index (χ2n) is 8.88. The molecule has 2 heterocycles. The second-order valence-corrected chi connectivity index (χ2v) is 10.9. The Bertz CT molecular complexity index is 1920. The van der Waals surface area contributed by atoms with Crippen molar-refractivity contribution in [3.63, 3.8) is 0 Å². The molecule has 5 aromatic rings. The maximum atomic E-state index is 13.0. The van der Waals surface area contributed by atoms with Crippen molar-refractivity contribution in [3.8, 4) is 0 Å². The van der Waals surface area contributed by atoms with E-state index in [-0.39, 0.29) is 10.6 Å². The van der Waals surface area contributed by atoms with E-state index in [4.69, 9.17) is 11.6 Å². The average molecular weight is 564 g/mol. The van der Waals surface area contributed by atoms with Gasteiger partial charge in [0.2, 0.25) is 0 Å². The van der Waals surface area contributed by atoms with Crippen LogP contribution in [0.2, 0.25) is 5.15 Å². The summed E-state index contributed by atoms with van der Waals surface area (Å²) in [7, 11) is -4.08. The molecule has 0 spiro atoms. The summed E-state index contributed by atoms with van der Waals surface area (Å²) in [5.41, 5.74) is 6.70. The molecular formula is C26H22ClN7O4S. The third-order valence-corrected chi connectivity index (χ3v) is 7.77. The molecule has 5 rings (SSSR count). The minimum absolute atomic E-state index is 0.00675. The SMILES string of the molecule is Cc1ccc(NS(=O)(=O)c2ccc(N/N=C/c3c(C)nn4c3nc(Cl)c3ccccc34)c([N+](=O)[O-])c2)c(C)c1. The van der Waals surface area contributed by atoms with Crippen LogP contribution in [0.25, 0.3) is 16.6 Å². The molecule has 0 aliphatic heterocycles. The van der Waals surface area contributed by atoms with Gasteiger partial charge in [0.25, 0.3) is 15.7 Å². The number of hydrazone groups is 1. The first-order valence-corrected chi connectivity index (χ1v) is 13.5. The monoisotopic (exact) mass is 563 g/mol. The van der Waals surface area contributed by atoms with Gasteiger partial charge in [-0.25, -0.2) is 17.9 Å². The lowest BCUT2D eigenvalue weighted by molar-refractivity contribution is -0.384. The molecule has 0 atom stereocenters. The van der Waals surface area contributed by atoms with Crippen LogP contribution in [0.3, 0.4) is 0 Å². The van der Waals surface area contributed by atoms with Crippen molar-refractivity contribution in [2.45, 2.75) is 25.7 Å². The molecule has 0 bridgehead atoms. The molecule has 0 saturated carbocycles. The minimum atomic E-state index is -4.08. The zero-order valence-electron chi connectivity index (χ0n) is 21.0. The summed E-state index contributed by atoms with van der Waals surface area (Å²) in [4.78, 5) is 15.3. The number of para-hydroxylation sites is 1. The van der Waals surface area contributed by atoms with Crippen LogP contribution < -0.4 is 10.1 Å². The van der Waals surface area contributed by atoms with E-state index in [1.807, 2.05) is 37.3 Å². The molecule has 0 amide bonds. The lowest BCUT2D eigenvalue weighted by Crippen LogP contribution is -2.14. The van der Waals surface area contributed by atoms with Crippen molar-refractivity contribution in [2.75, 3.05) is 10.1 Å². The molecular weight excluding hydrogens is 542 g/mol. The molecule has 2 N–H and O–H groups in total. The second kappa shape index (κ2) is 9.97. The summed E-state index contributed by atoms with van der Waals surface area (Å²) in [5.74, 6) is 0. The van der Waals surface area contributed by atoms with E-state index in [9.17, 15) is 18.5 Å². The van der Waals surface area contributed by atoms with E-state index in [0.29, 0.717) is 27.7 Å². The van der Waals surface area contributed by atoms with Gasteiger partial charge in [-0.2, -0.15) is 10.2 Å². The van der Waals surface area contributed by atoms with Gasteiger partial charge in [-0.1, -0.05) is 41.4 Å². The number of nitro benzene ring substituents is 1. The highest BCUT2D eigenvalue weighted by atomic mass is 35.5. The number of hydrogen-bond acceptors (Lipinski definition) is 8. The Labute approximate surface area is 228 Å². The Morgan fingerprint density at radius 1 is 1.05 bits per heavy atom. The van der Waals surface area contributed by atoms with Crippen molar-refractivity contribution >= 4 is 61.5 Å². The topological polar surface area (TPSA) is 144 Å². The van der Waals surface area contributed by atoms with Crippen LogP contribution in [0.4, 0.5) is 17.1 Å². The summed E-state index contributed by atoms with van der Waals surface area (Å²) in [5, 5.41) is 21.5. The summed E-state index contributed by atoms with van der Waals surface area (Å²) >= 11 is 6.38. The van der Waals surface area contributed by atoms with E-state index >= 15 is 0 Å². The number of aryl methyl sites for hydroxylation is 3. The largest absolute Gasteiger partial charge is 0.295 e. The lowest BCUT2D eigenvalue weighted by atomic mass is 10.1. The molecule has 198 valence electrons. The van der Waals surface area contributed by atoms with Crippen LogP contribution in [0.5, 0.6) is 0 Å². The molecule has 0 saturated heterocycles. The Hall–Kier alpha value is -4.55. The highest BCUT2D eigenvalue weighted by Gasteiger charge is 2.22. The third kappa shape index (κ3) is 4.99. The highest BCUT2D eigenvalue weighted by Crippen LogP contribution is 2.30. The van der Waals surface area contributed by atoms with Crippen molar-refractivity contribution < 1.29 is 13.3 Å². The van der Waals surface area contributed by atoms with Crippen molar-refractivity contribution in [1.82, 2.24) is 14.6 Å². The van der Waals surface area contributed by atoms with Crippen LogP contribution in [0.1, 0.15) is 22.4 Å². The maximum Gasteiger partial charge on any atom is 0.295 e. The van der Waals surface area contributed by atoms with Gasteiger partial charge in [0.15, 0.2) is 5.65 Å². The quantitative estimate of drug-likeness (QED) is 0.113. The normalized spacial score (nSPS) is 11.9. The molecule has 0 fully saturated rings. The lowest BCUT2D eigenvalue weighted by Gasteiger charge is -2.12. The molecule has 0 unspecified atom stereocenters. The fourth-order valence-electron chi connectivity index (χ4n) is 4.16. The molecule has 39 heavy (non-hydrogen) atoms. The number of fused-ring (bicyclic) bond motifs is 3. The number of halogens is 1. The van der Waals surface area contributed by atoms with Gasteiger partial charge in [0.05, 0.1) is 38.5 Å². The number of hydrogen-bond donors (Lipinski definition) is 2. The van der Waals surface area contributed by atoms with E-state index < -0.39 is 20.6 Å². The molecule has 13 heteroatoms. The fraction of sp³-hybridized carbons (Fsp3) is 0.115. The maximum absolute atomic E-state index is 13.0. The van der Waals surface area contributed by atoms with E-state index in [1.165, 1.54) is 18.3 Å². The summed E-state index contributed by atoms with van der Waals surface area (Å²) < 4.78 is 30.1. The predicted octanol–water partition coefficient (Wildman–Crippen LogP) is 5.62. The standard InChI is InChI=1S/C26H22ClN7O4S/c1-15-8-10-21(16(2)12-15)32-39(37,38)18-9-11-22(24(13-18)34(35)36)30-28-14-20-17(3)31-33-23-7-5-4-6-19(23)25(27)29-26(20)33/h4-14,30,32H,1-3H3/b28-14+. The molecule has 0 aliphatic carbocycles. The van der Waals surface area contributed by atoms with Gasteiger partial charge in [-0.05, 0) is 56.7 Å². The van der Waals surface area contributed by atoms with Crippen LogP contribution in [0, 0.1) is 30.9 Å². The summed E-state index contributed by atoms with van der Waals surface area (Å²) in [6, 6.07) is 16.2. The Balaban J connectivity index is 1.44. The highest BCUT2D eigenvalue weighted by molar-refractivity contribution is 7.92. The molecule has 0 radical (unpaired) electrons. The van der Waals surface area contributed by atoms with Crippen molar-refractivity contribution in [2.24, 2.45) is 5.10 Å². The predicted molar refractivity (Wildman–Crippen MR) is 151 cm³/mol. The van der Waals surface area contributed by atoms with Crippen molar-refractivity contribution in [1.29, 1.82) is 0 Å². The van der Waals surface area contributed by atoms with Crippen LogP contribution in [0.15, 0.2) is 70.7 Å². The van der Waals surface area contributed by atoms with Crippen LogP contribution in [-0.4, -0.2) is 34.2 Å².